The Kier molecular flexibility index (Phi) is 6.44. The van der Waals surface area contributed by atoms with E-state index in [2.05, 4.69) is 33.3 Å². The summed E-state index contributed by atoms with van der Waals surface area (Å²) < 4.78 is 13.1. The van der Waals surface area contributed by atoms with E-state index in [1.54, 1.807) is 12.1 Å². The lowest BCUT2D eigenvalue weighted by atomic mass is 9.85. The van der Waals surface area contributed by atoms with Crippen molar-refractivity contribution in [3.05, 3.63) is 65.0 Å². The molecule has 0 bridgehead atoms. The summed E-state index contributed by atoms with van der Waals surface area (Å²) in [5.41, 5.74) is 5.24. The average Bonchev–Trinajstić information content (AvgIpc) is 3.20. The van der Waals surface area contributed by atoms with E-state index in [4.69, 9.17) is 0 Å². The fourth-order valence-electron chi connectivity index (χ4n) is 5.34. The first kappa shape index (κ1) is 21.4. The van der Waals surface area contributed by atoms with Gasteiger partial charge in [-0.1, -0.05) is 30.7 Å². The van der Waals surface area contributed by atoms with Crippen molar-refractivity contribution in [2.24, 2.45) is 5.92 Å². The van der Waals surface area contributed by atoms with Crippen molar-refractivity contribution in [3.63, 3.8) is 0 Å². The number of fused-ring (bicyclic) bond motifs is 1. The van der Waals surface area contributed by atoms with Crippen LogP contribution in [0.25, 0.3) is 0 Å². The van der Waals surface area contributed by atoms with Gasteiger partial charge in [0.25, 0.3) is 0 Å². The zero-order chi connectivity index (χ0) is 21.9. The second-order valence-electron chi connectivity index (χ2n) is 9.70. The molecule has 4 nitrogen and oxygen atoms in total. The van der Waals surface area contributed by atoms with Crippen LogP contribution in [0.15, 0.2) is 42.5 Å². The largest absolute Gasteiger partial charge is 0.368 e. The third kappa shape index (κ3) is 4.83. The molecule has 5 heteroatoms. The predicted molar refractivity (Wildman–Crippen MR) is 126 cm³/mol. The molecular weight excluding hydrogens is 401 g/mol. The Hall–Kier alpha value is -2.40. The molecule has 1 aliphatic carbocycles. The number of halogens is 1. The van der Waals surface area contributed by atoms with E-state index >= 15 is 0 Å². The number of amides is 1. The van der Waals surface area contributed by atoms with Crippen molar-refractivity contribution in [3.8, 4) is 0 Å². The number of piperidine rings is 1. The maximum atomic E-state index is 13.1. The molecule has 1 N–H and O–H groups in total. The summed E-state index contributed by atoms with van der Waals surface area (Å²) in [6.07, 6.45) is 7.76. The van der Waals surface area contributed by atoms with Crippen molar-refractivity contribution in [2.75, 3.05) is 31.1 Å². The molecule has 0 radical (unpaired) electrons. The van der Waals surface area contributed by atoms with Gasteiger partial charge in [-0.05, 0) is 73.4 Å². The number of hydrogen-bond acceptors (Lipinski definition) is 3. The number of likely N-dealkylation sites (tertiary alicyclic amines) is 1. The van der Waals surface area contributed by atoms with Gasteiger partial charge in [0, 0.05) is 50.4 Å². The van der Waals surface area contributed by atoms with E-state index in [1.807, 2.05) is 12.1 Å². The number of anilines is 1. The molecule has 2 aliphatic heterocycles. The highest BCUT2D eigenvalue weighted by molar-refractivity contribution is 5.79. The fraction of sp³-hybridized carbons (Fsp3) is 0.519. The topological polar surface area (TPSA) is 35.6 Å². The number of carbonyl (C=O) groups is 1. The molecule has 2 aromatic rings. The SMILES string of the molecule is O=C(NCc1ccc2c(c1)N(C1CCN(CCc3ccc(F)cc3)CC1)CC2)C1CCC1. The molecule has 0 unspecified atom stereocenters. The van der Waals surface area contributed by atoms with Crippen molar-refractivity contribution >= 4 is 11.6 Å². The summed E-state index contributed by atoms with van der Waals surface area (Å²) in [5.74, 6) is 0.306. The van der Waals surface area contributed by atoms with Gasteiger partial charge >= 0.3 is 0 Å². The van der Waals surface area contributed by atoms with Crippen molar-refractivity contribution in [1.82, 2.24) is 10.2 Å². The minimum absolute atomic E-state index is 0.163. The van der Waals surface area contributed by atoms with Crippen LogP contribution in [0, 0.1) is 11.7 Å². The number of nitrogens with one attached hydrogen (secondary N) is 1. The van der Waals surface area contributed by atoms with Crippen LogP contribution in [0.2, 0.25) is 0 Å². The van der Waals surface area contributed by atoms with Crippen LogP contribution >= 0.6 is 0 Å². The van der Waals surface area contributed by atoms with Crippen LogP contribution in [0.5, 0.6) is 0 Å². The Balaban J connectivity index is 1.13. The number of nitrogens with zero attached hydrogens (tertiary/aromatic N) is 2. The fourth-order valence-corrected chi connectivity index (χ4v) is 5.34. The number of carbonyl (C=O) groups excluding carboxylic acids is 1. The first-order valence-corrected chi connectivity index (χ1v) is 12.3. The molecular formula is C27H34FN3O. The summed E-state index contributed by atoms with van der Waals surface area (Å²) in [6, 6.07) is 14.3. The second kappa shape index (κ2) is 9.62. The Bertz CT molecular complexity index is 932. The molecule has 2 aromatic carbocycles. The summed E-state index contributed by atoms with van der Waals surface area (Å²) in [7, 11) is 0. The molecule has 5 rings (SSSR count). The maximum Gasteiger partial charge on any atom is 0.223 e. The summed E-state index contributed by atoms with van der Waals surface area (Å²) in [5, 5.41) is 3.14. The van der Waals surface area contributed by atoms with Crippen molar-refractivity contribution in [1.29, 1.82) is 0 Å². The molecule has 0 spiro atoms. The van der Waals surface area contributed by atoms with E-state index < -0.39 is 0 Å². The first-order chi connectivity index (χ1) is 15.7. The Morgan fingerprint density at radius 2 is 1.72 bits per heavy atom. The number of hydrogen-bond donors (Lipinski definition) is 1. The van der Waals surface area contributed by atoms with Gasteiger partial charge in [0.15, 0.2) is 0 Å². The summed E-state index contributed by atoms with van der Waals surface area (Å²) in [6.45, 7) is 5.02. The van der Waals surface area contributed by atoms with E-state index in [9.17, 15) is 9.18 Å². The van der Waals surface area contributed by atoms with Crippen molar-refractivity contribution in [2.45, 2.75) is 57.5 Å². The van der Waals surface area contributed by atoms with Gasteiger partial charge in [0.2, 0.25) is 5.91 Å². The lowest BCUT2D eigenvalue weighted by Crippen LogP contribution is -2.45. The van der Waals surface area contributed by atoms with Crippen LogP contribution in [0.3, 0.4) is 0 Å². The highest BCUT2D eigenvalue weighted by Crippen LogP contribution is 2.34. The smallest absolute Gasteiger partial charge is 0.223 e. The Morgan fingerprint density at radius 1 is 0.969 bits per heavy atom. The van der Waals surface area contributed by atoms with Gasteiger partial charge < -0.3 is 15.1 Å². The van der Waals surface area contributed by atoms with Gasteiger partial charge in [-0.25, -0.2) is 4.39 Å². The number of rotatable bonds is 7. The van der Waals surface area contributed by atoms with E-state index in [0.717, 1.165) is 51.9 Å². The third-order valence-electron chi connectivity index (χ3n) is 7.65. The van der Waals surface area contributed by atoms with Gasteiger partial charge in [-0.3, -0.25) is 4.79 Å². The van der Waals surface area contributed by atoms with Gasteiger partial charge in [0.05, 0.1) is 0 Å². The van der Waals surface area contributed by atoms with Crippen LogP contribution in [0.4, 0.5) is 10.1 Å². The molecule has 0 atom stereocenters. The zero-order valence-electron chi connectivity index (χ0n) is 18.9. The molecule has 2 fully saturated rings. The quantitative estimate of drug-likeness (QED) is 0.704. The molecule has 170 valence electrons. The summed E-state index contributed by atoms with van der Waals surface area (Å²) >= 11 is 0. The number of benzene rings is 2. The van der Waals surface area contributed by atoms with Gasteiger partial charge in [-0.2, -0.15) is 0 Å². The molecule has 2 heterocycles. The molecule has 3 aliphatic rings. The monoisotopic (exact) mass is 435 g/mol. The highest BCUT2D eigenvalue weighted by atomic mass is 19.1. The maximum absolute atomic E-state index is 13.1. The Labute approximate surface area is 190 Å². The van der Waals surface area contributed by atoms with Crippen LogP contribution in [0.1, 0.15) is 48.8 Å². The van der Waals surface area contributed by atoms with Crippen LogP contribution < -0.4 is 10.2 Å². The molecule has 1 amide bonds. The molecule has 0 aromatic heterocycles. The van der Waals surface area contributed by atoms with Crippen LogP contribution in [-0.4, -0.2) is 43.0 Å². The predicted octanol–water partition coefficient (Wildman–Crippen LogP) is 4.31. The average molecular weight is 436 g/mol. The van der Waals surface area contributed by atoms with Gasteiger partial charge in [-0.15, -0.1) is 0 Å². The summed E-state index contributed by atoms with van der Waals surface area (Å²) in [4.78, 5) is 17.4. The lowest BCUT2D eigenvalue weighted by Gasteiger charge is -2.38. The van der Waals surface area contributed by atoms with E-state index in [-0.39, 0.29) is 17.6 Å². The zero-order valence-corrected chi connectivity index (χ0v) is 18.9. The minimum atomic E-state index is -0.163. The van der Waals surface area contributed by atoms with Gasteiger partial charge in [0.1, 0.15) is 5.82 Å². The molecule has 1 saturated heterocycles. The van der Waals surface area contributed by atoms with Crippen molar-refractivity contribution < 1.29 is 9.18 Å². The van der Waals surface area contributed by atoms with Crippen LogP contribution in [-0.2, 0) is 24.2 Å². The van der Waals surface area contributed by atoms with E-state index in [1.165, 1.54) is 41.6 Å². The highest BCUT2D eigenvalue weighted by Gasteiger charge is 2.29. The molecule has 1 saturated carbocycles. The first-order valence-electron chi connectivity index (χ1n) is 12.3. The standard InChI is InChI=1S/C27H34FN3O/c28-24-8-5-20(6-9-24)10-14-30-15-12-25(13-16-30)31-17-11-22-7-4-21(18-26(22)31)19-29-27(32)23-2-1-3-23/h4-9,18,23,25H,1-3,10-17,19H2,(H,29,32). The third-order valence-corrected chi connectivity index (χ3v) is 7.65. The minimum Gasteiger partial charge on any atom is -0.368 e. The normalized spacial score (nSPS) is 19.6. The Morgan fingerprint density at radius 3 is 2.44 bits per heavy atom. The van der Waals surface area contributed by atoms with E-state index in [0.29, 0.717) is 12.6 Å². The lowest BCUT2D eigenvalue weighted by molar-refractivity contribution is -0.127. The second-order valence-corrected chi connectivity index (χ2v) is 9.70. The molecule has 32 heavy (non-hydrogen) atoms.